The van der Waals surface area contributed by atoms with Gasteiger partial charge in [-0.3, -0.25) is 19.1 Å². The van der Waals surface area contributed by atoms with Crippen molar-refractivity contribution in [1.29, 1.82) is 0 Å². The Morgan fingerprint density at radius 1 is 1.38 bits per heavy atom. The molecule has 0 aliphatic carbocycles. The van der Waals surface area contributed by atoms with Crippen LogP contribution in [0.1, 0.15) is 24.2 Å². The Hall–Kier alpha value is -2.95. The molecule has 0 spiro atoms. The first kappa shape index (κ1) is 22.3. The van der Waals surface area contributed by atoms with Crippen molar-refractivity contribution in [3.63, 3.8) is 0 Å². The van der Waals surface area contributed by atoms with E-state index in [-0.39, 0.29) is 29.7 Å². The summed E-state index contributed by atoms with van der Waals surface area (Å²) in [5.74, 6) is -1.87. The molecule has 0 saturated carbocycles. The number of carbonyl (C=O) groups excluding carboxylic acids is 1. The van der Waals surface area contributed by atoms with E-state index in [1.807, 2.05) is 0 Å². The van der Waals surface area contributed by atoms with Crippen LogP contribution < -0.4 is 15.4 Å². The Morgan fingerprint density at radius 2 is 2.12 bits per heavy atom. The largest absolute Gasteiger partial charge is 0.413 e. The Morgan fingerprint density at radius 3 is 2.75 bits per heavy atom. The fourth-order valence-corrected chi connectivity index (χ4v) is 4.17. The minimum absolute atomic E-state index is 0.0951. The molecule has 2 aromatic heterocycles. The molecule has 0 radical (unpaired) electrons. The van der Waals surface area contributed by atoms with Gasteiger partial charge in [-0.05, 0) is 26.0 Å². The smallest absolute Gasteiger partial charge is 0.377 e. The molecule has 2 aliphatic heterocycles. The van der Waals surface area contributed by atoms with Crippen molar-refractivity contribution in [3.05, 3.63) is 52.3 Å². The summed E-state index contributed by atoms with van der Waals surface area (Å²) in [5, 5.41) is 0. The molecule has 1 fully saturated rings. The number of hydrogen-bond acceptors (Lipinski definition) is 6. The van der Waals surface area contributed by atoms with Gasteiger partial charge in [-0.1, -0.05) is 0 Å². The summed E-state index contributed by atoms with van der Waals surface area (Å²) in [7, 11) is 0. The maximum atomic E-state index is 15.0. The fourth-order valence-electron chi connectivity index (χ4n) is 4.17. The van der Waals surface area contributed by atoms with Gasteiger partial charge in [0.05, 0.1) is 32.0 Å². The first-order chi connectivity index (χ1) is 15.0. The predicted octanol–water partition coefficient (Wildman–Crippen LogP) is 2.63. The van der Waals surface area contributed by atoms with Gasteiger partial charge in [-0.25, -0.2) is 0 Å². The van der Waals surface area contributed by atoms with Crippen LogP contribution in [0.4, 0.5) is 29.1 Å². The van der Waals surface area contributed by atoms with E-state index in [2.05, 4.69) is 4.98 Å². The molecule has 4 rings (SSSR count). The quantitative estimate of drug-likeness (QED) is 0.523. The Balaban J connectivity index is 1.83. The minimum atomic E-state index is -4.79. The van der Waals surface area contributed by atoms with Crippen molar-refractivity contribution in [2.24, 2.45) is 0 Å². The van der Waals surface area contributed by atoms with Crippen molar-refractivity contribution in [3.8, 4) is 0 Å². The summed E-state index contributed by atoms with van der Waals surface area (Å²) in [5.41, 5.74) is -3.68. The molecule has 4 heterocycles. The number of alkyl halides is 3. The van der Waals surface area contributed by atoms with E-state index in [4.69, 9.17) is 4.74 Å². The molecule has 0 aromatic carbocycles. The number of ether oxygens (including phenoxy) is 1. The molecule has 2 aromatic rings. The lowest BCUT2D eigenvalue weighted by Crippen LogP contribution is -2.57. The molecule has 32 heavy (non-hydrogen) atoms. The van der Waals surface area contributed by atoms with Gasteiger partial charge in [-0.15, -0.1) is 0 Å². The van der Waals surface area contributed by atoms with Crippen LogP contribution in [0, 0.1) is 5.82 Å². The lowest BCUT2D eigenvalue weighted by Gasteiger charge is -2.38. The third-order valence-corrected chi connectivity index (χ3v) is 6.11. The summed E-state index contributed by atoms with van der Waals surface area (Å²) in [6.07, 6.45) is -2.08. The third-order valence-electron chi connectivity index (χ3n) is 6.11. The second-order valence-corrected chi connectivity index (χ2v) is 8.23. The van der Waals surface area contributed by atoms with Crippen LogP contribution in [0.2, 0.25) is 0 Å². The number of hydrogen-bond donors (Lipinski definition) is 0. The lowest BCUT2D eigenvalue weighted by atomic mass is 9.99. The molecule has 11 heteroatoms. The molecule has 0 bridgehead atoms. The maximum Gasteiger partial charge on any atom is 0.413 e. The van der Waals surface area contributed by atoms with Crippen molar-refractivity contribution in [2.75, 3.05) is 36.1 Å². The summed E-state index contributed by atoms with van der Waals surface area (Å²) in [6, 6.07) is 3.91. The Kier molecular flexibility index (Phi) is 5.48. The van der Waals surface area contributed by atoms with Gasteiger partial charge < -0.3 is 14.5 Å². The zero-order chi connectivity index (χ0) is 23.3. The van der Waals surface area contributed by atoms with Gasteiger partial charge in [0.1, 0.15) is 5.82 Å². The number of halogens is 4. The lowest BCUT2D eigenvalue weighted by molar-refractivity contribution is -0.181. The third kappa shape index (κ3) is 3.54. The van der Waals surface area contributed by atoms with Gasteiger partial charge >= 0.3 is 6.18 Å². The Bertz CT molecular complexity index is 1090. The first-order valence-electron chi connectivity index (χ1n) is 10.1. The SMILES string of the molecule is C[C@@H]1COCCN1c1cc2n(c(=O)c1F)C[C@@](C)(C(F)(F)F)N2CC(=O)c1cccnc1. The van der Waals surface area contributed by atoms with Gasteiger partial charge in [0, 0.05) is 36.6 Å². The number of pyridine rings is 2. The number of aromatic nitrogens is 2. The molecule has 0 unspecified atom stereocenters. The standard InChI is InChI=1S/C21H22F4N4O3/c1-13-11-32-7-6-27(13)15-8-17-28(19(31)18(15)22)12-20(2,21(23,24)25)29(17)10-16(30)14-4-3-5-26-9-14/h3-5,8-9,13H,6-7,10-12H2,1-2H3/t13-,20+/m1/s1. The van der Waals surface area contributed by atoms with E-state index in [1.165, 1.54) is 30.6 Å². The van der Waals surface area contributed by atoms with E-state index in [1.54, 1.807) is 11.8 Å². The van der Waals surface area contributed by atoms with Gasteiger partial charge in [0.2, 0.25) is 5.82 Å². The summed E-state index contributed by atoms with van der Waals surface area (Å²) in [6.45, 7) is 2.09. The number of fused-ring (bicyclic) bond motifs is 1. The van der Waals surface area contributed by atoms with Crippen molar-refractivity contribution in [2.45, 2.75) is 38.1 Å². The highest BCUT2D eigenvalue weighted by molar-refractivity contribution is 5.99. The van der Waals surface area contributed by atoms with Crippen molar-refractivity contribution in [1.82, 2.24) is 9.55 Å². The van der Waals surface area contributed by atoms with Crippen LogP contribution in [0.25, 0.3) is 0 Å². The van der Waals surface area contributed by atoms with Crippen molar-refractivity contribution < 1.29 is 27.1 Å². The maximum absolute atomic E-state index is 15.0. The second kappa shape index (κ2) is 7.88. The van der Waals surface area contributed by atoms with E-state index < -0.39 is 42.0 Å². The van der Waals surface area contributed by atoms with Crippen LogP contribution in [0.5, 0.6) is 0 Å². The number of carbonyl (C=O) groups is 1. The zero-order valence-electron chi connectivity index (χ0n) is 17.5. The molecule has 172 valence electrons. The molecule has 0 amide bonds. The van der Waals surface area contributed by atoms with E-state index in [0.717, 1.165) is 16.4 Å². The molecule has 1 saturated heterocycles. The predicted molar refractivity (Wildman–Crippen MR) is 109 cm³/mol. The van der Waals surface area contributed by atoms with E-state index >= 15 is 4.39 Å². The highest BCUT2D eigenvalue weighted by Gasteiger charge is 2.60. The molecule has 2 atom stereocenters. The average Bonchev–Trinajstić information content (AvgIpc) is 3.05. The topological polar surface area (TPSA) is 67.7 Å². The molecule has 7 nitrogen and oxygen atoms in total. The summed E-state index contributed by atoms with van der Waals surface area (Å²) >= 11 is 0. The monoisotopic (exact) mass is 454 g/mol. The van der Waals surface area contributed by atoms with E-state index in [9.17, 15) is 22.8 Å². The van der Waals surface area contributed by atoms with Crippen molar-refractivity contribution >= 4 is 17.3 Å². The van der Waals surface area contributed by atoms with Crippen LogP contribution in [0.15, 0.2) is 35.4 Å². The summed E-state index contributed by atoms with van der Waals surface area (Å²) in [4.78, 5) is 31.8. The Labute approximate surface area is 181 Å². The van der Waals surface area contributed by atoms with Gasteiger partial charge in [-0.2, -0.15) is 17.6 Å². The zero-order valence-corrected chi connectivity index (χ0v) is 17.5. The van der Waals surface area contributed by atoms with Gasteiger partial charge in [0.25, 0.3) is 5.56 Å². The highest BCUT2D eigenvalue weighted by Crippen LogP contribution is 2.45. The van der Waals surface area contributed by atoms with E-state index in [0.29, 0.717) is 13.2 Å². The number of anilines is 2. The normalized spacial score (nSPS) is 23.4. The number of ketones is 1. The first-order valence-corrected chi connectivity index (χ1v) is 10.1. The van der Waals surface area contributed by atoms with Gasteiger partial charge in [0.15, 0.2) is 11.3 Å². The van der Waals surface area contributed by atoms with Crippen LogP contribution >= 0.6 is 0 Å². The van der Waals surface area contributed by atoms with Crippen LogP contribution in [-0.4, -0.2) is 59.4 Å². The highest BCUT2D eigenvalue weighted by atomic mass is 19.4. The fraction of sp³-hybridized carbons (Fsp3) is 0.476. The minimum Gasteiger partial charge on any atom is -0.377 e. The number of Topliss-reactive ketones (excluding diaryl/α,β-unsaturated/α-hetero) is 1. The number of rotatable bonds is 4. The average molecular weight is 454 g/mol. The molecular formula is C21H22F4N4O3. The number of nitrogens with zero attached hydrogens (tertiary/aromatic N) is 4. The second-order valence-electron chi connectivity index (χ2n) is 8.23. The molecule has 2 aliphatic rings. The molecule has 0 N–H and O–H groups in total. The summed E-state index contributed by atoms with van der Waals surface area (Å²) < 4.78 is 63.6. The van der Waals surface area contributed by atoms with Crippen LogP contribution in [0.3, 0.4) is 0 Å². The number of morpholine rings is 1. The van der Waals surface area contributed by atoms with Crippen LogP contribution in [-0.2, 0) is 11.3 Å². The molecular weight excluding hydrogens is 432 g/mol.